The second-order valence-corrected chi connectivity index (χ2v) is 2.49. The smallest absolute Gasteiger partial charge is 0.0982 e. The molecule has 1 radical (unpaired) electrons. The summed E-state index contributed by atoms with van der Waals surface area (Å²) in [6, 6.07) is 9.67. The van der Waals surface area contributed by atoms with Gasteiger partial charge in [-0.05, 0) is 5.30 Å². The van der Waals surface area contributed by atoms with Crippen LogP contribution in [0.5, 0.6) is 0 Å². The first-order valence-corrected chi connectivity index (χ1v) is 3.48. The molecule has 43 valence electrons. The molecular weight excluding hydrogens is 129 g/mol. The third-order valence-electron chi connectivity index (χ3n) is 0.935. The van der Waals surface area contributed by atoms with Crippen LogP contribution in [-0.2, 0) is 0 Å². The van der Waals surface area contributed by atoms with E-state index in [1.807, 2.05) is 30.3 Å². The van der Waals surface area contributed by atoms with Gasteiger partial charge < -0.3 is 0 Å². The molecule has 0 N–H and O–H groups in total. The zero-order valence-electron chi connectivity index (χ0n) is 4.78. The molecule has 1 rings (SSSR count). The summed E-state index contributed by atoms with van der Waals surface area (Å²) in [5.74, 6) is 2.06. The Morgan fingerprint density at radius 3 is 2.44 bits per heavy atom. The third kappa shape index (κ3) is 1.83. The van der Waals surface area contributed by atoms with Crippen molar-refractivity contribution in [3.05, 3.63) is 30.3 Å². The van der Waals surface area contributed by atoms with E-state index in [0.29, 0.717) is 0 Å². The van der Waals surface area contributed by atoms with Crippen LogP contribution in [0.15, 0.2) is 30.3 Å². The second kappa shape index (κ2) is 3.22. The van der Waals surface area contributed by atoms with Crippen molar-refractivity contribution in [2.24, 2.45) is 0 Å². The normalized spacial score (nSPS) is 9.67. The van der Waals surface area contributed by atoms with E-state index in [1.54, 1.807) is 0 Å². The summed E-state index contributed by atoms with van der Waals surface area (Å²) in [4.78, 5) is 0. The average molecular weight is 134 g/mol. The first-order valence-electron chi connectivity index (χ1n) is 2.58. The van der Waals surface area contributed by atoms with Gasteiger partial charge in [-0.3, -0.25) is 0 Å². The average Bonchev–Trinajstić information content (AvgIpc) is 1.91. The first-order chi connectivity index (χ1) is 4.43. The molecule has 1 nitrogen and oxygen atoms in total. The molecule has 9 heavy (non-hydrogen) atoms. The Hall–Kier alpha value is -0.860. The van der Waals surface area contributed by atoms with Crippen LogP contribution in [-0.4, -0.2) is 0 Å². The van der Waals surface area contributed by atoms with Gasteiger partial charge in [-0.1, -0.05) is 30.3 Å². The van der Waals surface area contributed by atoms with Gasteiger partial charge >= 0.3 is 0 Å². The number of hydrogen-bond acceptors (Lipinski definition) is 1. The lowest BCUT2D eigenvalue weighted by molar-refractivity contribution is 1.57. The SMILES string of the molecule is N#C[P]c1ccccc1. The van der Waals surface area contributed by atoms with Crippen molar-refractivity contribution in [2.45, 2.75) is 0 Å². The molecule has 0 aromatic heterocycles. The molecule has 0 aliphatic rings. The highest BCUT2D eigenvalue weighted by atomic mass is 31.1. The summed E-state index contributed by atoms with van der Waals surface area (Å²) in [5, 5.41) is 9.31. The van der Waals surface area contributed by atoms with Crippen LogP contribution in [0.25, 0.3) is 0 Å². The Balaban J connectivity index is 2.76. The zero-order valence-corrected chi connectivity index (χ0v) is 5.68. The summed E-state index contributed by atoms with van der Waals surface area (Å²) in [6.07, 6.45) is 0. The van der Waals surface area contributed by atoms with Crippen molar-refractivity contribution in [3.63, 3.8) is 0 Å². The number of nitriles is 1. The highest BCUT2D eigenvalue weighted by Crippen LogP contribution is 2.04. The van der Waals surface area contributed by atoms with Crippen molar-refractivity contribution in [3.8, 4) is 5.81 Å². The van der Waals surface area contributed by atoms with Gasteiger partial charge in [0.2, 0.25) is 0 Å². The number of rotatable bonds is 1. The summed E-state index contributed by atoms with van der Waals surface area (Å²) in [5.41, 5.74) is 0. The Morgan fingerprint density at radius 1 is 1.22 bits per heavy atom. The van der Waals surface area contributed by atoms with Crippen molar-refractivity contribution in [2.75, 3.05) is 0 Å². The molecule has 0 fully saturated rings. The van der Waals surface area contributed by atoms with Gasteiger partial charge in [0.05, 0.1) is 14.4 Å². The van der Waals surface area contributed by atoms with E-state index in [-0.39, 0.29) is 0 Å². The predicted molar refractivity (Wildman–Crippen MR) is 38.6 cm³/mol. The quantitative estimate of drug-likeness (QED) is 0.536. The molecule has 0 saturated carbocycles. The maximum atomic E-state index is 8.26. The minimum Gasteiger partial charge on any atom is -0.193 e. The fourth-order valence-corrected chi connectivity index (χ4v) is 0.997. The van der Waals surface area contributed by atoms with Crippen molar-refractivity contribution in [1.82, 2.24) is 0 Å². The van der Waals surface area contributed by atoms with E-state index in [9.17, 15) is 0 Å². The molecule has 0 unspecified atom stereocenters. The lowest BCUT2D eigenvalue weighted by Gasteiger charge is -1.86. The molecule has 1 aromatic carbocycles. The Labute approximate surface area is 56.1 Å². The van der Waals surface area contributed by atoms with E-state index in [4.69, 9.17) is 5.26 Å². The van der Waals surface area contributed by atoms with Crippen LogP contribution in [0.1, 0.15) is 0 Å². The summed E-state index contributed by atoms with van der Waals surface area (Å²) >= 11 is 0. The topological polar surface area (TPSA) is 23.8 Å². The van der Waals surface area contributed by atoms with Gasteiger partial charge in [0, 0.05) is 0 Å². The second-order valence-electron chi connectivity index (χ2n) is 1.55. The van der Waals surface area contributed by atoms with Crippen LogP contribution in [0, 0.1) is 11.1 Å². The molecule has 0 amide bonds. The Bertz CT molecular complexity index is 212. The highest BCUT2D eigenvalue weighted by Gasteiger charge is 1.86. The molecule has 1 aromatic rings. The minimum atomic E-state index is 0.737. The fourth-order valence-electron chi connectivity index (χ4n) is 0.560. The van der Waals surface area contributed by atoms with Crippen LogP contribution >= 0.6 is 8.58 Å². The van der Waals surface area contributed by atoms with E-state index < -0.39 is 0 Å². The fraction of sp³-hybridized carbons (Fsp3) is 0. The molecule has 0 heterocycles. The summed E-state index contributed by atoms with van der Waals surface area (Å²) in [7, 11) is 0.737. The van der Waals surface area contributed by atoms with E-state index in [1.165, 1.54) is 0 Å². The number of nitrogens with zero attached hydrogens (tertiary/aromatic N) is 1. The third-order valence-corrected chi connectivity index (χ3v) is 1.59. The van der Waals surface area contributed by atoms with Crippen molar-refractivity contribution in [1.29, 1.82) is 5.26 Å². The largest absolute Gasteiger partial charge is 0.193 e. The maximum Gasteiger partial charge on any atom is 0.0982 e. The highest BCUT2D eigenvalue weighted by molar-refractivity contribution is 7.52. The van der Waals surface area contributed by atoms with E-state index >= 15 is 0 Å². The van der Waals surface area contributed by atoms with Crippen LogP contribution in [0.4, 0.5) is 0 Å². The molecule has 0 spiro atoms. The molecule has 2 heteroatoms. The van der Waals surface area contributed by atoms with Crippen LogP contribution in [0.2, 0.25) is 0 Å². The minimum absolute atomic E-state index is 0.737. The lowest BCUT2D eigenvalue weighted by Crippen LogP contribution is -1.87. The molecule has 0 bridgehead atoms. The standard InChI is InChI=1S/C7H5NP/c8-6-9-7-4-2-1-3-5-7/h1-5H. The van der Waals surface area contributed by atoms with Crippen LogP contribution in [0.3, 0.4) is 0 Å². The Morgan fingerprint density at radius 2 is 1.89 bits per heavy atom. The molecular formula is C7H5NP. The van der Waals surface area contributed by atoms with Gasteiger partial charge in [0.15, 0.2) is 0 Å². The lowest BCUT2D eigenvalue weighted by atomic mass is 10.4. The van der Waals surface area contributed by atoms with E-state index in [2.05, 4.69) is 5.81 Å². The maximum absolute atomic E-state index is 8.26. The molecule has 0 aliphatic carbocycles. The zero-order chi connectivity index (χ0) is 6.53. The van der Waals surface area contributed by atoms with E-state index in [0.717, 1.165) is 13.9 Å². The van der Waals surface area contributed by atoms with Crippen molar-refractivity contribution < 1.29 is 0 Å². The molecule has 0 atom stereocenters. The monoisotopic (exact) mass is 134 g/mol. The predicted octanol–water partition coefficient (Wildman–Crippen LogP) is 1.74. The first kappa shape index (κ1) is 6.26. The number of benzene rings is 1. The molecule has 0 saturated heterocycles. The Kier molecular flexibility index (Phi) is 2.24. The van der Waals surface area contributed by atoms with Gasteiger partial charge in [0.25, 0.3) is 0 Å². The van der Waals surface area contributed by atoms with Gasteiger partial charge in [0.1, 0.15) is 0 Å². The molecule has 0 aliphatic heterocycles. The summed E-state index contributed by atoms with van der Waals surface area (Å²) < 4.78 is 0. The number of hydrogen-bond donors (Lipinski definition) is 0. The van der Waals surface area contributed by atoms with Gasteiger partial charge in [-0.25, -0.2) is 0 Å². The van der Waals surface area contributed by atoms with Gasteiger partial charge in [-0.2, -0.15) is 5.26 Å². The van der Waals surface area contributed by atoms with Crippen molar-refractivity contribution >= 4 is 13.9 Å². The van der Waals surface area contributed by atoms with Gasteiger partial charge in [-0.15, -0.1) is 0 Å². The van der Waals surface area contributed by atoms with Crippen LogP contribution < -0.4 is 5.30 Å². The summed E-state index contributed by atoms with van der Waals surface area (Å²) in [6.45, 7) is 0.